The molecule has 0 saturated heterocycles. The van der Waals surface area contributed by atoms with Crippen molar-refractivity contribution in [2.24, 2.45) is 5.41 Å². The third-order valence-corrected chi connectivity index (χ3v) is 3.59. The highest BCUT2D eigenvalue weighted by Crippen LogP contribution is 2.38. The summed E-state index contributed by atoms with van der Waals surface area (Å²) in [6.45, 7) is 4.64. The molecule has 0 aliphatic heterocycles. The summed E-state index contributed by atoms with van der Waals surface area (Å²) in [5.74, 6) is 0. The fraction of sp³-hybridized carbons (Fsp3) is 0.500. The Kier molecular flexibility index (Phi) is 2.35. The van der Waals surface area contributed by atoms with Crippen molar-refractivity contribution < 1.29 is 4.42 Å². The minimum absolute atomic E-state index is 0.448. The summed E-state index contributed by atoms with van der Waals surface area (Å²) < 4.78 is 5.68. The molecule has 1 unspecified atom stereocenters. The van der Waals surface area contributed by atoms with E-state index in [1.165, 1.54) is 19.3 Å². The molecule has 0 bridgehead atoms. The number of hydrogen-bond acceptors (Lipinski definition) is 3. The molecule has 1 fully saturated rings. The first kappa shape index (κ1) is 10.6. The molecule has 0 amide bonds. The summed E-state index contributed by atoms with van der Waals surface area (Å²) in [6, 6.07) is 9.03. The molecule has 90 valence electrons. The summed E-state index contributed by atoms with van der Waals surface area (Å²) >= 11 is 0. The topological polar surface area (TPSA) is 38.1 Å². The highest BCUT2D eigenvalue weighted by molar-refractivity contribution is 5.74. The normalized spacial score (nSPS) is 23.1. The predicted molar refractivity (Wildman–Crippen MR) is 69.1 cm³/mol. The van der Waals surface area contributed by atoms with Gasteiger partial charge in [-0.15, -0.1) is 0 Å². The first-order valence-electron chi connectivity index (χ1n) is 6.25. The number of nitrogens with one attached hydrogen (secondary N) is 1. The van der Waals surface area contributed by atoms with Crippen LogP contribution in [-0.4, -0.2) is 11.0 Å². The fourth-order valence-electron chi connectivity index (χ4n) is 2.67. The van der Waals surface area contributed by atoms with E-state index < -0.39 is 0 Å². The van der Waals surface area contributed by atoms with Crippen molar-refractivity contribution in [3.05, 3.63) is 24.3 Å². The minimum atomic E-state index is 0.448. The van der Waals surface area contributed by atoms with E-state index >= 15 is 0 Å². The molecule has 3 heteroatoms. The van der Waals surface area contributed by atoms with Crippen LogP contribution in [0.5, 0.6) is 0 Å². The summed E-state index contributed by atoms with van der Waals surface area (Å²) in [6.07, 6.45) is 3.66. The van der Waals surface area contributed by atoms with E-state index in [0.29, 0.717) is 17.5 Å². The fourth-order valence-corrected chi connectivity index (χ4v) is 2.67. The standard InChI is InChI=1S/C14H18N2O/c1-14(2)8-7-10(9-14)15-13-16-11-5-3-4-6-12(11)17-13/h3-6,10H,7-9H2,1-2H3,(H,15,16). The Morgan fingerprint density at radius 1 is 1.35 bits per heavy atom. The number of fused-ring (bicyclic) bond motifs is 1. The lowest BCUT2D eigenvalue weighted by molar-refractivity contribution is 0.378. The minimum Gasteiger partial charge on any atom is -0.424 e. The molecular weight excluding hydrogens is 212 g/mol. The van der Waals surface area contributed by atoms with E-state index in [1.807, 2.05) is 24.3 Å². The maximum Gasteiger partial charge on any atom is 0.295 e. The molecule has 1 saturated carbocycles. The molecule has 0 radical (unpaired) electrons. The van der Waals surface area contributed by atoms with Crippen LogP contribution in [0.4, 0.5) is 6.01 Å². The zero-order chi connectivity index (χ0) is 11.9. The summed E-state index contributed by atoms with van der Waals surface area (Å²) in [5.41, 5.74) is 2.23. The van der Waals surface area contributed by atoms with Gasteiger partial charge >= 0.3 is 0 Å². The Bertz CT molecular complexity index is 497. The van der Waals surface area contributed by atoms with Gasteiger partial charge in [0.2, 0.25) is 0 Å². The molecule has 1 aliphatic rings. The molecule has 1 heterocycles. The maximum absolute atomic E-state index is 5.68. The maximum atomic E-state index is 5.68. The molecule has 17 heavy (non-hydrogen) atoms. The monoisotopic (exact) mass is 230 g/mol. The SMILES string of the molecule is CC1(C)CCC(Nc2nc3ccccc3o2)C1. The van der Waals surface area contributed by atoms with Crippen LogP contribution in [0.25, 0.3) is 11.1 Å². The Labute approximate surface area is 101 Å². The van der Waals surface area contributed by atoms with Gasteiger partial charge in [-0.1, -0.05) is 26.0 Å². The largest absolute Gasteiger partial charge is 0.424 e. The van der Waals surface area contributed by atoms with Gasteiger partial charge in [0.1, 0.15) is 5.52 Å². The Morgan fingerprint density at radius 2 is 2.18 bits per heavy atom. The third-order valence-electron chi connectivity index (χ3n) is 3.59. The molecule has 3 rings (SSSR count). The molecule has 1 aliphatic carbocycles. The van der Waals surface area contributed by atoms with E-state index in [2.05, 4.69) is 24.1 Å². The lowest BCUT2D eigenvalue weighted by Gasteiger charge is -2.16. The average molecular weight is 230 g/mol. The van der Waals surface area contributed by atoms with Gasteiger partial charge in [0, 0.05) is 6.04 Å². The zero-order valence-electron chi connectivity index (χ0n) is 10.4. The Morgan fingerprint density at radius 3 is 2.88 bits per heavy atom. The molecule has 1 aromatic heterocycles. The first-order valence-corrected chi connectivity index (χ1v) is 6.25. The van der Waals surface area contributed by atoms with Crippen molar-refractivity contribution in [3.63, 3.8) is 0 Å². The van der Waals surface area contributed by atoms with Crippen molar-refractivity contribution in [2.45, 2.75) is 39.2 Å². The van der Waals surface area contributed by atoms with Crippen LogP contribution < -0.4 is 5.32 Å². The number of aromatic nitrogens is 1. The van der Waals surface area contributed by atoms with E-state index in [1.54, 1.807) is 0 Å². The second-order valence-corrected chi connectivity index (χ2v) is 5.74. The van der Waals surface area contributed by atoms with E-state index in [0.717, 1.165) is 11.1 Å². The zero-order valence-corrected chi connectivity index (χ0v) is 10.4. The first-order chi connectivity index (χ1) is 8.12. The summed E-state index contributed by atoms with van der Waals surface area (Å²) in [7, 11) is 0. The van der Waals surface area contributed by atoms with Crippen molar-refractivity contribution in [3.8, 4) is 0 Å². The van der Waals surface area contributed by atoms with Crippen LogP contribution >= 0.6 is 0 Å². The Hall–Kier alpha value is -1.51. The average Bonchev–Trinajstić information content (AvgIpc) is 2.81. The smallest absolute Gasteiger partial charge is 0.295 e. The van der Waals surface area contributed by atoms with Crippen LogP contribution in [0.2, 0.25) is 0 Å². The van der Waals surface area contributed by atoms with E-state index in [-0.39, 0.29) is 0 Å². The lowest BCUT2D eigenvalue weighted by atomic mass is 9.92. The van der Waals surface area contributed by atoms with Gasteiger partial charge in [-0.05, 0) is 36.8 Å². The highest BCUT2D eigenvalue weighted by Gasteiger charge is 2.31. The van der Waals surface area contributed by atoms with Gasteiger partial charge in [0.05, 0.1) is 0 Å². The summed E-state index contributed by atoms with van der Waals surface area (Å²) in [5, 5.41) is 3.41. The van der Waals surface area contributed by atoms with Gasteiger partial charge in [-0.2, -0.15) is 4.98 Å². The molecule has 1 N–H and O–H groups in total. The van der Waals surface area contributed by atoms with Crippen molar-refractivity contribution in [1.82, 2.24) is 4.98 Å². The molecule has 2 aromatic rings. The number of anilines is 1. The second-order valence-electron chi connectivity index (χ2n) is 5.74. The van der Waals surface area contributed by atoms with Gasteiger partial charge < -0.3 is 9.73 Å². The quantitative estimate of drug-likeness (QED) is 0.852. The van der Waals surface area contributed by atoms with Crippen LogP contribution in [0.1, 0.15) is 33.1 Å². The van der Waals surface area contributed by atoms with Crippen molar-refractivity contribution >= 4 is 17.1 Å². The highest BCUT2D eigenvalue weighted by atomic mass is 16.4. The van der Waals surface area contributed by atoms with Crippen molar-refractivity contribution in [1.29, 1.82) is 0 Å². The van der Waals surface area contributed by atoms with Crippen LogP contribution in [0, 0.1) is 5.41 Å². The van der Waals surface area contributed by atoms with Crippen LogP contribution in [0.15, 0.2) is 28.7 Å². The summed E-state index contributed by atoms with van der Waals surface area (Å²) in [4.78, 5) is 4.45. The number of benzene rings is 1. The molecule has 1 atom stereocenters. The van der Waals surface area contributed by atoms with Gasteiger partial charge in [-0.3, -0.25) is 0 Å². The van der Waals surface area contributed by atoms with Crippen LogP contribution in [-0.2, 0) is 0 Å². The van der Waals surface area contributed by atoms with Gasteiger partial charge in [0.15, 0.2) is 5.58 Å². The van der Waals surface area contributed by atoms with Gasteiger partial charge in [-0.25, -0.2) is 0 Å². The lowest BCUT2D eigenvalue weighted by Crippen LogP contribution is -2.17. The van der Waals surface area contributed by atoms with E-state index in [4.69, 9.17) is 4.42 Å². The van der Waals surface area contributed by atoms with Crippen molar-refractivity contribution in [2.75, 3.05) is 5.32 Å². The number of rotatable bonds is 2. The predicted octanol–water partition coefficient (Wildman–Crippen LogP) is 3.82. The number of para-hydroxylation sites is 2. The molecular formula is C14H18N2O. The third kappa shape index (κ3) is 2.14. The number of nitrogens with zero attached hydrogens (tertiary/aromatic N) is 1. The van der Waals surface area contributed by atoms with E-state index in [9.17, 15) is 0 Å². The molecule has 3 nitrogen and oxygen atoms in total. The van der Waals surface area contributed by atoms with Crippen LogP contribution in [0.3, 0.4) is 0 Å². The second kappa shape index (κ2) is 3.76. The van der Waals surface area contributed by atoms with Gasteiger partial charge in [0.25, 0.3) is 6.01 Å². The Balaban J connectivity index is 1.77. The molecule has 1 aromatic carbocycles. The molecule has 0 spiro atoms. The number of hydrogen-bond donors (Lipinski definition) is 1. The number of oxazole rings is 1.